The summed E-state index contributed by atoms with van der Waals surface area (Å²) in [5.74, 6) is -2.57. The van der Waals surface area contributed by atoms with E-state index in [1.54, 1.807) is 18.2 Å². The molecule has 4 amide bonds. The van der Waals surface area contributed by atoms with Crippen LogP contribution in [-0.2, 0) is 19.2 Å². The summed E-state index contributed by atoms with van der Waals surface area (Å²) in [6.45, 7) is 0. The molecule has 22 heavy (non-hydrogen) atoms. The smallest absolute Gasteiger partial charge is 0.248 e. The van der Waals surface area contributed by atoms with Gasteiger partial charge >= 0.3 is 0 Å². The summed E-state index contributed by atoms with van der Waals surface area (Å²) < 4.78 is 0. The first-order valence-corrected chi connectivity index (χ1v) is 6.04. The Labute approximate surface area is 125 Å². The lowest BCUT2D eigenvalue weighted by atomic mass is 10.2. The van der Waals surface area contributed by atoms with Crippen LogP contribution >= 0.6 is 0 Å². The van der Waals surface area contributed by atoms with Crippen LogP contribution in [0.4, 0.5) is 11.4 Å². The van der Waals surface area contributed by atoms with Gasteiger partial charge in [-0.15, -0.1) is 0 Å². The second kappa shape index (κ2) is 8.00. The zero-order chi connectivity index (χ0) is 16.5. The minimum atomic E-state index is -0.739. The standard InChI is InChI=1S/C14H14N4O4/c15-11(19)4-6-13(21)17-9-2-1-3-10(8-9)18-14(22)7-5-12(16)20/h1-8H,(H2,15,19)(H2,16,20)(H,17,21)(H,18,22)/b6-4-,7-5-. The summed E-state index contributed by atoms with van der Waals surface area (Å²) in [6, 6.07) is 6.27. The molecule has 1 aromatic rings. The van der Waals surface area contributed by atoms with Crippen molar-refractivity contribution in [2.45, 2.75) is 0 Å². The van der Waals surface area contributed by atoms with E-state index < -0.39 is 23.6 Å². The van der Waals surface area contributed by atoms with E-state index >= 15 is 0 Å². The molecular weight excluding hydrogens is 288 g/mol. The third-order valence-corrected chi connectivity index (χ3v) is 2.20. The van der Waals surface area contributed by atoms with E-state index in [-0.39, 0.29) is 0 Å². The van der Waals surface area contributed by atoms with Crippen molar-refractivity contribution >= 4 is 35.0 Å². The monoisotopic (exact) mass is 302 g/mol. The molecule has 1 aromatic carbocycles. The van der Waals surface area contributed by atoms with Gasteiger partial charge in [0, 0.05) is 35.7 Å². The summed E-state index contributed by atoms with van der Waals surface area (Å²) >= 11 is 0. The molecule has 0 aliphatic heterocycles. The number of rotatable bonds is 6. The molecule has 0 atom stereocenters. The normalized spacial score (nSPS) is 10.5. The molecule has 8 heteroatoms. The Morgan fingerprint density at radius 3 is 1.55 bits per heavy atom. The molecule has 6 N–H and O–H groups in total. The molecule has 0 aliphatic rings. The van der Waals surface area contributed by atoms with Crippen molar-refractivity contribution in [2.75, 3.05) is 10.6 Å². The maximum Gasteiger partial charge on any atom is 0.248 e. The molecular formula is C14H14N4O4. The van der Waals surface area contributed by atoms with E-state index in [9.17, 15) is 19.2 Å². The Balaban J connectivity index is 2.70. The van der Waals surface area contributed by atoms with Crippen molar-refractivity contribution in [2.24, 2.45) is 11.5 Å². The third kappa shape index (κ3) is 6.66. The highest BCUT2D eigenvalue weighted by Gasteiger charge is 2.02. The summed E-state index contributed by atoms with van der Waals surface area (Å²) in [6.07, 6.45) is 3.83. The third-order valence-electron chi connectivity index (χ3n) is 2.20. The molecule has 114 valence electrons. The molecule has 8 nitrogen and oxygen atoms in total. The predicted molar refractivity (Wildman–Crippen MR) is 80.4 cm³/mol. The van der Waals surface area contributed by atoms with Crippen LogP contribution in [0.15, 0.2) is 48.6 Å². The molecule has 0 radical (unpaired) electrons. The molecule has 0 fully saturated rings. The van der Waals surface area contributed by atoms with Gasteiger partial charge in [0.25, 0.3) is 0 Å². The fourth-order valence-corrected chi connectivity index (χ4v) is 1.36. The number of hydrogen-bond donors (Lipinski definition) is 4. The van der Waals surface area contributed by atoms with E-state index in [1.807, 2.05) is 0 Å². The Hall–Kier alpha value is -3.42. The van der Waals surface area contributed by atoms with Crippen LogP contribution in [-0.4, -0.2) is 23.6 Å². The summed E-state index contributed by atoms with van der Waals surface area (Å²) in [7, 11) is 0. The SMILES string of the molecule is NC(=O)/C=C\C(=O)Nc1cccc(NC(=O)/C=C\C(N)=O)c1. The van der Waals surface area contributed by atoms with Crippen molar-refractivity contribution in [3.8, 4) is 0 Å². The summed E-state index contributed by atoms with van der Waals surface area (Å²) in [5, 5.41) is 4.97. The van der Waals surface area contributed by atoms with Gasteiger partial charge in [-0.3, -0.25) is 19.2 Å². The predicted octanol–water partition coefficient (Wildman–Crippen LogP) is -0.353. The zero-order valence-corrected chi connectivity index (χ0v) is 11.4. The van der Waals surface area contributed by atoms with Crippen LogP contribution in [0.3, 0.4) is 0 Å². The average Bonchev–Trinajstić information content (AvgIpc) is 2.43. The molecule has 0 unspecified atom stereocenters. The van der Waals surface area contributed by atoms with Crippen molar-refractivity contribution in [1.82, 2.24) is 0 Å². The van der Waals surface area contributed by atoms with E-state index in [4.69, 9.17) is 11.5 Å². The van der Waals surface area contributed by atoms with E-state index in [1.165, 1.54) is 6.07 Å². The lowest BCUT2D eigenvalue weighted by molar-refractivity contribution is -0.115. The Kier molecular flexibility index (Phi) is 6.05. The Bertz CT molecular complexity index is 611. The average molecular weight is 302 g/mol. The number of carbonyl (C=O) groups is 4. The van der Waals surface area contributed by atoms with Gasteiger partial charge in [0.2, 0.25) is 23.6 Å². The number of benzene rings is 1. The molecule has 0 saturated carbocycles. The van der Waals surface area contributed by atoms with Crippen LogP contribution in [0.5, 0.6) is 0 Å². The van der Waals surface area contributed by atoms with Crippen molar-refractivity contribution in [3.63, 3.8) is 0 Å². The van der Waals surface area contributed by atoms with Crippen molar-refractivity contribution in [1.29, 1.82) is 0 Å². The first kappa shape index (κ1) is 16.6. The van der Waals surface area contributed by atoms with Gasteiger partial charge in [-0.25, -0.2) is 0 Å². The van der Waals surface area contributed by atoms with Crippen molar-refractivity contribution < 1.29 is 19.2 Å². The molecule has 0 spiro atoms. The van der Waals surface area contributed by atoms with Crippen LogP contribution in [0.1, 0.15) is 0 Å². The minimum Gasteiger partial charge on any atom is -0.366 e. The number of nitrogens with one attached hydrogen (secondary N) is 2. The van der Waals surface area contributed by atoms with Gasteiger partial charge in [0.05, 0.1) is 0 Å². The highest BCUT2D eigenvalue weighted by atomic mass is 16.2. The highest BCUT2D eigenvalue weighted by Crippen LogP contribution is 2.15. The van der Waals surface area contributed by atoms with Crippen molar-refractivity contribution in [3.05, 3.63) is 48.6 Å². The molecule has 0 aliphatic carbocycles. The van der Waals surface area contributed by atoms with E-state index in [2.05, 4.69) is 10.6 Å². The van der Waals surface area contributed by atoms with Crippen LogP contribution in [0, 0.1) is 0 Å². The fourth-order valence-electron chi connectivity index (χ4n) is 1.36. The molecule has 0 bridgehead atoms. The largest absolute Gasteiger partial charge is 0.366 e. The van der Waals surface area contributed by atoms with Crippen LogP contribution < -0.4 is 22.1 Å². The maximum absolute atomic E-state index is 11.5. The van der Waals surface area contributed by atoms with Gasteiger partial charge in [-0.2, -0.15) is 0 Å². The van der Waals surface area contributed by atoms with Gasteiger partial charge in [-0.05, 0) is 18.2 Å². The van der Waals surface area contributed by atoms with Crippen LogP contribution in [0.25, 0.3) is 0 Å². The number of anilines is 2. The second-order valence-corrected chi connectivity index (χ2v) is 4.03. The van der Waals surface area contributed by atoms with Gasteiger partial charge < -0.3 is 22.1 Å². The van der Waals surface area contributed by atoms with Gasteiger partial charge in [-0.1, -0.05) is 6.07 Å². The fraction of sp³-hybridized carbons (Fsp3) is 0. The van der Waals surface area contributed by atoms with Crippen LogP contribution in [0.2, 0.25) is 0 Å². The van der Waals surface area contributed by atoms with E-state index in [0.29, 0.717) is 11.4 Å². The highest BCUT2D eigenvalue weighted by molar-refractivity contribution is 6.05. The minimum absolute atomic E-state index is 0.399. The number of amides is 4. The Morgan fingerprint density at radius 2 is 1.18 bits per heavy atom. The first-order chi connectivity index (χ1) is 10.4. The second-order valence-electron chi connectivity index (χ2n) is 4.03. The zero-order valence-electron chi connectivity index (χ0n) is 11.4. The topological polar surface area (TPSA) is 144 Å². The number of nitrogens with two attached hydrogens (primary N) is 2. The lowest BCUT2D eigenvalue weighted by Gasteiger charge is -2.06. The maximum atomic E-state index is 11.5. The molecule has 0 saturated heterocycles. The Morgan fingerprint density at radius 1 is 0.773 bits per heavy atom. The lowest BCUT2D eigenvalue weighted by Crippen LogP contribution is -2.13. The molecule has 0 heterocycles. The summed E-state index contributed by atoms with van der Waals surface area (Å²) in [5.41, 5.74) is 10.5. The van der Waals surface area contributed by atoms with E-state index in [0.717, 1.165) is 24.3 Å². The molecule has 0 aromatic heterocycles. The first-order valence-electron chi connectivity index (χ1n) is 6.04. The number of carbonyl (C=O) groups excluding carboxylic acids is 4. The quantitative estimate of drug-likeness (QED) is 0.532. The summed E-state index contributed by atoms with van der Waals surface area (Å²) in [4.78, 5) is 44.0. The molecule has 1 rings (SSSR count). The number of hydrogen-bond acceptors (Lipinski definition) is 4. The van der Waals surface area contributed by atoms with Gasteiger partial charge in [0.15, 0.2) is 0 Å². The number of primary amides is 2. The van der Waals surface area contributed by atoms with Gasteiger partial charge in [0.1, 0.15) is 0 Å².